The summed E-state index contributed by atoms with van der Waals surface area (Å²) in [6, 6.07) is 4.99. The zero-order valence-electron chi connectivity index (χ0n) is 84.1. The summed E-state index contributed by atoms with van der Waals surface area (Å²) in [6.45, 7) is 16.0. The van der Waals surface area contributed by atoms with E-state index in [0.717, 1.165) is 6.07 Å². The second-order valence-corrected chi connectivity index (χ2v) is 36.6. The number of carboxylic acid groups (broad SMARTS) is 4. The Balaban J connectivity index is 0.00000690. The number of hydrogen-bond acceptors (Lipinski definition) is 26. The van der Waals surface area contributed by atoms with Crippen molar-refractivity contribution in [3.63, 3.8) is 0 Å². The molecule has 16 amide bonds. The highest BCUT2D eigenvalue weighted by Crippen LogP contribution is 2.25. The fraction of sp³-hybridized carbons (Fsp3) is 0.582. The van der Waals surface area contributed by atoms with Gasteiger partial charge in [-0.1, -0.05) is 127 Å². The fourth-order valence-corrected chi connectivity index (χ4v) is 13.7. The van der Waals surface area contributed by atoms with E-state index in [9.17, 15) is 129 Å². The number of nitrogens with one attached hydrogen (secondary N) is 16. The van der Waals surface area contributed by atoms with E-state index in [1.807, 2.05) is 20.1 Å². The van der Waals surface area contributed by atoms with Crippen LogP contribution >= 0.6 is 27.7 Å². The Labute approximate surface area is 867 Å². The van der Waals surface area contributed by atoms with Gasteiger partial charge in [-0.05, 0) is 148 Å². The molecule has 844 valence electrons. The molecule has 0 aromatic heterocycles. The zero-order valence-corrected chi connectivity index (χ0v) is 86.5. The lowest BCUT2D eigenvalue weighted by molar-refractivity contribution is -0.405. The minimum Gasteiger partial charge on any atom is -0.542 e. The molecule has 0 unspecified atom stereocenters. The molecular weight excluding hydrogens is 2110 g/mol. The van der Waals surface area contributed by atoms with Gasteiger partial charge in [0.25, 0.3) is 23.6 Å². The molecule has 0 saturated carbocycles. The van der Waals surface area contributed by atoms with E-state index in [2.05, 4.69) is 124 Å². The van der Waals surface area contributed by atoms with E-state index in [4.69, 9.17) is 44.3 Å². The number of alkyl halides is 12. The van der Waals surface area contributed by atoms with Gasteiger partial charge in [-0.3, -0.25) is 87.6 Å². The van der Waals surface area contributed by atoms with Crippen LogP contribution in [0.4, 0.5) is 58.4 Å². The number of ether oxygens (including phenoxy) is 1. The second kappa shape index (κ2) is 69.1. The van der Waals surface area contributed by atoms with Gasteiger partial charge in [-0.2, -0.15) is 64.4 Å². The number of carbonyl (C=O) groups is 20. The molecule has 1 aliphatic rings. The van der Waals surface area contributed by atoms with E-state index in [1.165, 1.54) is 37.9 Å². The molecule has 150 heavy (non-hydrogen) atoms. The Morgan fingerprint density at radius 1 is 0.440 bits per heavy atom. The lowest BCUT2D eigenvalue weighted by Gasteiger charge is -2.29. The molecule has 0 aliphatic carbocycles. The number of unbranched alkanes of at least 4 members (excludes halogenated alkanes) is 2. The maximum Gasteiger partial charge on any atom is 0.430 e. The number of fused-ring (bicyclic) bond motifs is 2. The first-order valence-corrected chi connectivity index (χ1v) is 49.1. The van der Waals surface area contributed by atoms with E-state index in [-0.39, 0.29) is 100 Å². The van der Waals surface area contributed by atoms with Gasteiger partial charge < -0.3 is 142 Å². The molecule has 45 nitrogen and oxygen atoms in total. The van der Waals surface area contributed by atoms with Crippen LogP contribution in [0.25, 0.3) is 0 Å². The van der Waals surface area contributed by atoms with Gasteiger partial charge in [0.05, 0.1) is 32.3 Å². The van der Waals surface area contributed by atoms with Crippen molar-refractivity contribution in [2.75, 3.05) is 57.2 Å². The molecule has 2 bridgehead atoms. The van der Waals surface area contributed by atoms with Crippen molar-refractivity contribution in [2.24, 2.45) is 23.7 Å². The summed E-state index contributed by atoms with van der Waals surface area (Å²) in [6.07, 6.45) is -15.3. The number of benzene rings is 3. The molecule has 0 fully saturated rings. The number of quaternary nitrogens is 4. The smallest absolute Gasteiger partial charge is 0.430 e. The molecule has 0 saturated heterocycles. The highest BCUT2D eigenvalue weighted by molar-refractivity contribution is 9.10. The quantitative estimate of drug-likeness (QED) is 0.0239. The molecule has 4 rings (SSSR count). The molecule has 0 radical (unpaired) electrons. The topological polar surface area (TPSA) is 746 Å². The summed E-state index contributed by atoms with van der Waals surface area (Å²) >= 11 is 4.81. The Morgan fingerprint density at radius 2 is 0.840 bits per heavy atom. The van der Waals surface area contributed by atoms with Crippen LogP contribution in [0.1, 0.15) is 174 Å². The van der Waals surface area contributed by atoms with Gasteiger partial charge in [-0.25, -0.2) is 0 Å². The first-order chi connectivity index (χ1) is 69.8. The van der Waals surface area contributed by atoms with Crippen molar-refractivity contribution in [1.82, 2.24) is 80.0 Å². The summed E-state index contributed by atoms with van der Waals surface area (Å²) < 4.78 is 132. The molecule has 3 aromatic rings. The van der Waals surface area contributed by atoms with Crippen LogP contribution in [0, 0.1) is 23.7 Å². The SMILES string of the molecule is CC[C@H](C)[C@@H]1NC(=O)[C@H](C)NC(=O)[C@@H]([NH3+])CCCNC(=O)[C@H](CCCC[NH3+])NC(=O)[C@H](Cc2ccc(Br)cc2)NC(=O)C(=O)Nc2ccc(OC)c(c2)C(=O)NNC(=O)[C@H](Cc2ccccc2)NC(=O)[C@H](CCCC[NH3+])NC(=O)[C@@H]([NH3+])CCCNC(=O)[C@H](C(C)C)NC(=O)[C@H](CCSC)NC(=O)[C@H](CC(C)C)NC(=O)CNC(=O)[C@H]([C@@H](C)CC)NC1=O.O=C([O-])C(F)(F)F.O=C([O-])C(F)(F)F.O=C([O-])C(F)(F)F.O=C([O-])C(F)(F)F. The Kier molecular flexibility index (Phi) is 63.0. The third-order valence-corrected chi connectivity index (χ3v) is 22.9. The van der Waals surface area contributed by atoms with Gasteiger partial charge in [0.15, 0.2) is 12.1 Å². The number of carboxylic acids is 4. The number of carbonyl (C=O) groups excluding carboxylic acids is 20. The van der Waals surface area contributed by atoms with E-state index >= 15 is 0 Å². The highest BCUT2D eigenvalue weighted by Gasteiger charge is 2.40. The third-order valence-electron chi connectivity index (χ3n) is 21.7. The van der Waals surface area contributed by atoms with Crippen molar-refractivity contribution in [3.8, 4) is 5.75 Å². The number of hydrazine groups is 1. The number of hydrogen-bond donors (Lipinski definition) is 20. The van der Waals surface area contributed by atoms with Gasteiger partial charge in [0, 0.05) is 48.9 Å². The predicted molar refractivity (Wildman–Crippen MR) is 505 cm³/mol. The molecule has 28 N–H and O–H groups in total. The van der Waals surface area contributed by atoms with Gasteiger partial charge >= 0.3 is 36.5 Å². The van der Waals surface area contributed by atoms with E-state index in [0.29, 0.717) is 73.0 Å². The monoisotopic (exact) mass is 2240 g/mol. The lowest BCUT2D eigenvalue weighted by atomic mass is 9.94. The largest absolute Gasteiger partial charge is 0.542 e. The van der Waals surface area contributed by atoms with E-state index in [1.54, 1.807) is 96.1 Å². The number of thioether (sulfide) groups is 1. The normalized spacial score (nSPS) is 21.7. The summed E-state index contributed by atoms with van der Waals surface area (Å²) in [5, 5.41) is 72.9. The summed E-state index contributed by atoms with van der Waals surface area (Å²) in [5.74, 6) is -26.1. The van der Waals surface area contributed by atoms with Gasteiger partial charge in [0.2, 0.25) is 59.1 Å². The highest BCUT2D eigenvalue weighted by atomic mass is 79.9. The number of aliphatic carboxylic acids is 4. The van der Waals surface area contributed by atoms with Crippen LogP contribution in [-0.2, 0) is 104 Å². The average Bonchev–Trinajstić information content (AvgIpc) is 0.837. The lowest BCUT2D eigenvalue weighted by Crippen LogP contribution is -2.69. The average molecular weight is 2250 g/mol. The number of rotatable bonds is 23. The van der Waals surface area contributed by atoms with Crippen molar-refractivity contribution in [2.45, 2.75) is 262 Å². The first kappa shape index (κ1) is 137. The fourth-order valence-electron chi connectivity index (χ4n) is 12.9. The molecular formula is C91H133BrF12N20O25S. The molecule has 1 aliphatic heterocycles. The summed E-state index contributed by atoms with van der Waals surface area (Å²) in [5.41, 5.74) is 21.3. The predicted octanol–water partition coefficient (Wildman–Crippen LogP) is -5.78. The molecule has 1 heterocycles. The summed E-state index contributed by atoms with van der Waals surface area (Å²) in [4.78, 5) is 260. The maximum atomic E-state index is 14.5. The Hall–Kier alpha value is -13.3. The standard InChI is InChI=1S/C83H129BrN20O17S.4C2HF3O2/c1-12-48(7)67-80(117)91-45-65(105)94-61(41-46(3)4)76(113)97-60(35-40-122-11)75(112)100-66(47(5)6)79(116)90-39-22-26-57(88)72(109)95-59(28-18-20-37-86)74(111)98-63(42-51-23-15-14-16-24-51)78(115)104-103-70(107)55-44-54(33-34-64(55)121-10)93-82(119)83(120)99-62(43-52-29-31-53(84)32-30-52)77(114)96-58(27-17-19-36-85)73(110)89-38-21-25-56(87)71(108)92-50(9)69(106)101-68(49(8)13-2)81(118)102-67;4*3-2(4,5)1(6)7/h14-16,23-24,29-34,44,46-50,56-63,66-68H,12-13,17-22,25-28,35-43,45,85-88H2,1-11H3,(H,89,110)(H,90,116)(H,91,117)(H,92,108)(H,93,119)(H,94,105)(H,95,109)(H,96,114)(H,97,113)(H,98,111)(H,99,120)(H,100,112)(H,101,106)(H,102,118)(H,103,107)(H,104,115);4*(H,6,7)/t48-,49-,50-,56-,57-,58-,59-,60-,61-,62-,63-,66-,67-,68-;;;;/m0..../s1. The second-order valence-electron chi connectivity index (χ2n) is 34.7. The van der Waals surface area contributed by atoms with Gasteiger partial charge in [0.1, 0.15) is 90.0 Å². The van der Waals surface area contributed by atoms with Crippen LogP contribution in [0.2, 0.25) is 0 Å². The van der Waals surface area contributed by atoms with Crippen molar-refractivity contribution in [1.29, 1.82) is 0 Å². The minimum absolute atomic E-state index is 0.00386. The molecule has 59 heteroatoms. The Morgan fingerprint density at radius 3 is 1.29 bits per heavy atom. The maximum absolute atomic E-state index is 14.5. The van der Waals surface area contributed by atoms with Crippen molar-refractivity contribution >= 4 is 152 Å². The van der Waals surface area contributed by atoms with Crippen molar-refractivity contribution < 1.29 is 197 Å². The number of anilines is 1. The molecule has 0 spiro atoms. The Bertz CT molecular complexity index is 4830. The number of halogens is 13. The first-order valence-electron chi connectivity index (χ1n) is 46.9. The summed E-state index contributed by atoms with van der Waals surface area (Å²) in [7, 11) is 1.26. The third kappa shape index (κ3) is 54.7. The van der Waals surface area contributed by atoms with Crippen LogP contribution in [-0.4, -0.2) is 267 Å². The number of amides is 16. The zero-order chi connectivity index (χ0) is 115. The van der Waals surface area contributed by atoms with Crippen LogP contribution in [0.3, 0.4) is 0 Å². The molecule has 14 atom stereocenters. The van der Waals surface area contributed by atoms with Crippen molar-refractivity contribution in [3.05, 3.63) is 94.0 Å². The minimum atomic E-state index is -5.19. The molecule has 3 aromatic carbocycles. The van der Waals surface area contributed by atoms with E-state index < -0.39 is 240 Å². The number of methoxy groups -OCH3 is 1. The van der Waals surface area contributed by atoms with Crippen LogP contribution in [0.5, 0.6) is 5.75 Å². The van der Waals surface area contributed by atoms with Crippen LogP contribution < -0.4 is 133 Å². The van der Waals surface area contributed by atoms with Gasteiger partial charge in [-0.15, -0.1) is 0 Å². The van der Waals surface area contributed by atoms with Crippen LogP contribution in [0.15, 0.2) is 77.3 Å².